The Balaban J connectivity index is 1.83. The molecule has 0 bridgehead atoms. The van der Waals surface area contributed by atoms with E-state index in [0.717, 1.165) is 25.1 Å². The van der Waals surface area contributed by atoms with Crippen LogP contribution in [0.5, 0.6) is 0 Å². The highest BCUT2D eigenvalue weighted by atomic mass is 16.3. The molecule has 0 aliphatic carbocycles. The van der Waals surface area contributed by atoms with Gasteiger partial charge in [-0.25, -0.2) is 4.99 Å². The Morgan fingerprint density at radius 3 is 2.40 bits per heavy atom. The summed E-state index contributed by atoms with van der Waals surface area (Å²) in [6.07, 6.45) is 3.31. The number of amides is 1. The highest BCUT2D eigenvalue weighted by Gasteiger charge is 2.05. The van der Waals surface area contributed by atoms with E-state index in [2.05, 4.69) is 27.8 Å². The molecule has 2 N–H and O–H groups in total. The second-order valence-corrected chi connectivity index (χ2v) is 5.87. The zero-order valence-electron chi connectivity index (χ0n) is 14.9. The smallest absolute Gasteiger partial charge is 0.243 e. The summed E-state index contributed by atoms with van der Waals surface area (Å²) in [5, 5.41) is 6.53. The number of benzene rings is 1. The van der Waals surface area contributed by atoms with Crippen LogP contribution in [-0.2, 0) is 17.6 Å². The molecule has 1 amide bonds. The lowest BCUT2D eigenvalue weighted by Gasteiger charge is -2.13. The first-order chi connectivity index (χ1) is 12.1. The van der Waals surface area contributed by atoms with Crippen molar-refractivity contribution in [2.24, 2.45) is 4.99 Å². The average Bonchev–Trinajstić information content (AvgIpc) is 3.13. The third-order valence-electron chi connectivity index (χ3n) is 3.66. The maximum absolute atomic E-state index is 11.8. The van der Waals surface area contributed by atoms with E-state index in [1.54, 1.807) is 20.4 Å². The Bertz CT molecular complexity index is 651. The number of nitrogens with one attached hydrogen (secondary N) is 2. The van der Waals surface area contributed by atoms with Crippen LogP contribution in [0.15, 0.2) is 58.1 Å². The molecule has 0 saturated carbocycles. The van der Waals surface area contributed by atoms with Crippen molar-refractivity contribution in [1.82, 2.24) is 15.5 Å². The van der Waals surface area contributed by atoms with E-state index in [4.69, 9.17) is 4.42 Å². The van der Waals surface area contributed by atoms with Crippen LogP contribution in [0.4, 0.5) is 0 Å². The summed E-state index contributed by atoms with van der Waals surface area (Å²) in [6.45, 7) is 1.54. The molecule has 2 aromatic rings. The van der Waals surface area contributed by atoms with Crippen molar-refractivity contribution in [3.63, 3.8) is 0 Å². The number of rotatable bonds is 8. The highest BCUT2D eigenvalue weighted by molar-refractivity contribution is 5.84. The van der Waals surface area contributed by atoms with Crippen LogP contribution < -0.4 is 10.6 Å². The lowest BCUT2D eigenvalue weighted by atomic mass is 10.1. The second-order valence-electron chi connectivity index (χ2n) is 5.87. The van der Waals surface area contributed by atoms with Gasteiger partial charge in [0.15, 0.2) is 5.96 Å². The summed E-state index contributed by atoms with van der Waals surface area (Å²) >= 11 is 0. The lowest BCUT2D eigenvalue weighted by molar-refractivity contribution is -0.127. The van der Waals surface area contributed by atoms with Crippen molar-refractivity contribution >= 4 is 11.9 Å². The molecule has 1 heterocycles. The maximum atomic E-state index is 11.8. The third kappa shape index (κ3) is 7.12. The summed E-state index contributed by atoms with van der Waals surface area (Å²) < 4.78 is 5.32. The molecule has 0 fully saturated rings. The number of guanidine groups is 1. The zero-order chi connectivity index (χ0) is 17.9. The molecular weight excluding hydrogens is 316 g/mol. The number of likely N-dealkylation sites (N-methyl/N-ethyl adjacent to an activating group) is 1. The molecule has 134 valence electrons. The Hall–Kier alpha value is -2.76. The number of furan rings is 1. The van der Waals surface area contributed by atoms with Crippen LogP contribution in [0.1, 0.15) is 11.3 Å². The van der Waals surface area contributed by atoms with Gasteiger partial charge in [0.25, 0.3) is 0 Å². The van der Waals surface area contributed by atoms with E-state index >= 15 is 0 Å². The van der Waals surface area contributed by atoms with Gasteiger partial charge < -0.3 is 20.0 Å². The first-order valence-electron chi connectivity index (χ1n) is 8.44. The first kappa shape index (κ1) is 18.6. The fourth-order valence-corrected chi connectivity index (χ4v) is 2.19. The fourth-order valence-electron chi connectivity index (χ4n) is 2.19. The molecule has 0 aliphatic rings. The van der Waals surface area contributed by atoms with Crippen molar-refractivity contribution in [3.05, 3.63) is 60.1 Å². The molecule has 1 aromatic carbocycles. The largest absolute Gasteiger partial charge is 0.469 e. The number of carbonyl (C=O) groups is 1. The van der Waals surface area contributed by atoms with E-state index in [-0.39, 0.29) is 12.5 Å². The van der Waals surface area contributed by atoms with E-state index in [0.29, 0.717) is 12.5 Å². The molecule has 0 spiro atoms. The Kier molecular flexibility index (Phi) is 7.56. The molecule has 0 aliphatic heterocycles. The zero-order valence-corrected chi connectivity index (χ0v) is 14.9. The number of hydrogen-bond donors (Lipinski definition) is 2. The summed E-state index contributed by atoms with van der Waals surface area (Å²) in [5.41, 5.74) is 1.26. The van der Waals surface area contributed by atoms with Crippen LogP contribution in [0.25, 0.3) is 0 Å². The van der Waals surface area contributed by atoms with Gasteiger partial charge in [0.2, 0.25) is 5.91 Å². The number of aliphatic imine (C=N–C) groups is 1. The van der Waals surface area contributed by atoms with Crippen molar-refractivity contribution in [1.29, 1.82) is 0 Å². The minimum atomic E-state index is -0.0322. The fraction of sp³-hybridized carbons (Fsp3) is 0.368. The minimum absolute atomic E-state index is 0.0322. The van der Waals surface area contributed by atoms with Gasteiger partial charge in [0, 0.05) is 33.6 Å². The molecule has 1 aromatic heterocycles. The van der Waals surface area contributed by atoms with Crippen molar-refractivity contribution < 1.29 is 9.21 Å². The Labute approximate surface area is 148 Å². The molecule has 0 unspecified atom stereocenters. The van der Waals surface area contributed by atoms with Gasteiger partial charge in [-0.05, 0) is 24.1 Å². The van der Waals surface area contributed by atoms with Crippen molar-refractivity contribution in [2.75, 3.05) is 33.7 Å². The van der Waals surface area contributed by atoms with Gasteiger partial charge in [0.05, 0.1) is 6.26 Å². The summed E-state index contributed by atoms with van der Waals surface area (Å²) in [4.78, 5) is 17.7. The monoisotopic (exact) mass is 342 g/mol. The van der Waals surface area contributed by atoms with E-state index in [1.165, 1.54) is 10.5 Å². The van der Waals surface area contributed by atoms with Gasteiger partial charge in [-0.15, -0.1) is 0 Å². The Morgan fingerprint density at radius 1 is 1.04 bits per heavy atom. The number of carbonyl (C=O) groups excluding carboxylic acids is 1. The second kappa shape index (κ2) is 10.2. The molecule has 2 rings (SSSR count). The summed E-state index contributed by atoms with van der Waals surface area (Å²) in [7, 11) is 3.45. The van der Waals surface area contributed by atoms with E-state index < -0.39 is 0 Å². The molecular formula is C19H26N4O2. The number of nitrogens with zero attached hydrogens (tertiary/aromatic N) is 2. The van der Waals surface area contributed by atoms with Crippen molar-refractivity contribution in [2.45, 2.75) is 12.8 Å². The predicted octanol–water partition coefficient (Wildman–Crippen LogP) is 1.69. The molecule has 25 heavy (non-hydrogen) atoms. The molecule has 0 saturated heterocycles. The van der Waals surface area contributed by atoms with Gasteiger partial charge >= 0.3 is 0 Å². The summed E-state index contributed by atoms with van der Waals surface area (Å²) in [5.74, 6) is 1.52. The van der Waals surface area contributed by atoms with Gasteiger partial charge in [-0.2, -0.15) is 0 Å². The standard InChI is InChI=1S/C19H26N4O2/c1-23(2)18(24)15-22-19(21-13-11-17-9-6-14-25-17)20-12-10-16-7-4-3-5-8-16/h3-9,14H,10-13,15H2,1-2H3,(H2,20,21,22). The van der Waals surface area contributed by atoms with Crippen LogP contribution >= 0.6 is 0 Å². The van der Waals surface area contributed by atoms with Crippen molar-refractivity contribution in [3.8, 4) is 0 Å². The average molecular weight is 342 g/mol. The van der Waals surface area contributed by atoms with Crippen LogP contribution in [0, 0.1) is 0 Å². The van der Waals surface area contributed by atoms with Crippen LogP contribution in [0.2, 0.25) is 0 Å². The normalized spacial score (nSPS) is 11.2. The van der Waals surface area contributed by atoms with E-state index in [1.807, 2.05) is 30.3 Å². The topological polar surface area (TPSA) is 69.9 Å². The first-order valence-corrected chi connectivity index (χ1v) is 8.44. The molecule has 6 nitrogen and oxygen atoms in total. The molecule has 6 heteroatoms. The SMILES string of the molecule is CN(C)C(=O)CN=C(NCCc1ccccc1)NCCc1ccco1. The van der Waals surface area contributed by atoms with Crippen LogP contribution in [-0.4, -0.2) is 50.5 Å². The predicted molar refractivity (Wildman–Crippen MR) is 99.6 cm³/mol. The van der Waals surface area contributed by atoms with Crippen LogP contribution in [0.3, 0.4) is 0 Å². The lowest BCUT2D eigenvalue weighted by Crippen LogP contribution is -2.40. The van der Waals surface area contributed by atoms with Gasteiger partial charge in [-0.3, -0.25) is 4.79 Å². The highest BCUT2D eigenvalue weighted by Crippen LogP contribution is 2.00. The molecule has 0 atom stereocenters. The Morgan fingerprint density at radius 2 is 1.76 bits per heavy atom. The maximum Gasteiger partial charge on any atom is 0.243 e. The molecule has 0 radical (unpaired) electrons. The van der Waals surface area contributed by atoms with E-state index in [9.17, 15) is 4.79 Å². The van der Waals surface area contributed by atoms with Gasteiger partial charge in [0.1, 0.15) is 12.3 Å². The van der Waals surface area contributed by atoms with Gasteiger partial charge in [-0.1, -0.05) is 30.3 Å². The quantitative estimate of drug-likeness (QED) is 0.566. The number of hydrogen-bond acceptors (Lipinski definition) is 3. The third-order valence-corrected chi connectivity index (χ3v) is 3.66. The summed E-state index contributed by atoms with van der Waals surface area (Å²) in [6, 6.07) is 14.1. The minimum Gasteiger partial charge on any atom is -0.469 e.